The summed E-state index contributed by atoms with van der Waals surface area (Å²) in [6.07, 6.45) is 1.92. The molecule has 1 unspecified atom stereocenters. The van der Waals surface area contributed by atoms with Gasteiger partial charge in [-0.1, -0.05) is 45.5 Å². The normalized spacial score (nSPS) is 17.6. The van der Waals surface area contributed by atoms with Crippen molar-refractivity contribution in [2.45, 2.75) is 12.8 Å². The maximum absolute atomic E-state index is 12.7. The van der Waals surface area contributed by atoms with E-state index in [4.69, 9.17) is 4.98 Å². The van der Waals surface area contributed by atoms with E-state index >= 15 is 0 Å². The number of carbonyl (C=O) groups is 1. The van der Waals surface area contributed by atoms with Crippen molar-refractivity contribution in [3.05, 3.63) is 53.0 Å². The van der Waals surface area contributed by atoms with Crippen LogP contribution in [-0.2, 0) is 4.79 Å². The van der Waals surface area contributed by atoms with E-state index < -0.39 is 0 Å². The quantitative estimate of drug-likeness (QED) is 0.660. The lowest BCUT2D eigenvalue weighted by atomic mass is 9.97. The predicted octanol–water partition coefficient (Wildman–Crippen LogP) is 4.91. The summed E-state index contributed by atoms with van der Waals surface area (Å²) in [6.45, 7) is 1.68. The largest absolute Gasteiger partial charge is 0.347 e. The molecule has 0 saturated carbocycles. The van der Waals surface area contributed by atoms with Gasteiger partial charge in [-0.3, -0.25) is 4.79 Å². The van der Waals surface area contributed by atoms with Crippen molar-refractivity contribution in [1.29, 1.82) is 0 Å². The topological polar surface area (TPSA) is 45.2 Å². The van der Waals surface area contributed by atoms with Crippen LogP contribution in [0.15, 0.2) is 53.0 Å². The van der Waals surface area contributed by atoms with Gasteiger partial charge < -0.3 is 10.2 Å². The van der Waals surface area contributed by atoms with Crippen LogP contribution in [0.25, 0.3) is 10.2 Å². The maximum Gasteiger partial charge on any atom is 0.229 e. The van der Waals surface area contributed by atoms with Crippen molar-refractivity contribution >= 4 is 54.2 Å². The van der Waals surface area contributed by atoms with E-state index in [2.05, 4.69) is 32.2 Å². The molecule has 1 atom stereocenters. The summed E-state index contributed by atoms with van der Waals surface area (Å²) in [5, 5.41) is 4.05. The van der Waals surface area contributed by atoms with Crippen molar-refractivity contribution in [2.24, 2.45) is 5.92 Å². The van der Waals surface area contributed by atoms with Gasteiger partial charge in [-0.15, -0.1) is 0 Å². The Kier molecular flexibility index (Phi) is 4.72. The van der Waals surface area contributed by atoms with Gasteiger partial charge in [0.25, 0.3) is 0 Å². The lowest BCUT2D eigenvalue weighted by Crippen LogP contribution is -2.40. The van der Waals surface area contributed by atoms with Crippen LogP contribution in [0.3, 0.4) is 0 Å². The monoisotopic (exact) mass is 415 g/mol. The Bertz CT molecular complexity index is 877. The fourth-order valence-electron chi connectivity index (χ4n) is 3.17. The summed E-state index contributed by atoms with van der Waals surface area (Å²) in [6, 6.07) is 15.9. The molecule has 0 spiro atoms. The van der Waals surface area contributed by atoms with E-state index in [1.807, 2.05) is 42.5 Å². The molecule has 0 radical (unpaired) electrons. The van der Waals surface area contributed by atoms with Crippen LogP contribution >= 0.6 is 27.3 Å². The minimum atomic E-state index is -0.0141. The average molecular weight is 416 g/mol. The Hall–Kier alpha value is -1.92. The van der Waals surface area contributed by atoms with Crippen molar-refractivity contribution < 1.29 is 4.79 Å². The number of para-hydroxylation sites is 1. The number of anilines is 2. The second-order valence-electron chi connectivity index (χ2n) is 6.25. The third-order valence-corrected chi connectivity index (χ3v) is 6.03. The van der Waals surface area contributed by atoms with E-state index in [1.165, 1.54) is 4.70 Å². The number of amides is 1. The van der Waals surface area contributed by atoms with Gasteiger partial charge in [0, 0.05) is 23.2 Å². The smallest absolute Gasteiger partial charge is 0.229 e. The summed E-state index contributed by atoms with van der Waals surface area (Å²) >= 11 is 5.14. The standard InChI is InChI=1S/C19H18BrN3OS/c20-14-6-3-7-15(11-14)21-18(24)13-5-4-10-23(12-13)19-22-16-8-1-2-9-17(16)25-19/h1-3,6-9,11,13H,4-5,10,12H2,(H,21,24). The molecule has 128 valence electrons. The van der Waals surface area contributed by atoms with E-state index in [0.29, 0.717) is 0 Å². The second-order valence-corrected chi connectivity index (χ2v) is 8.17. The SMILES string of the molecule is O=C(Nc1cccc(Br)c1)C1CCCN(c2nc3ccccc3s2)C1. The Morgan fingerprint density at radius 3 is 2.96 bits per heavy atom. The highest BCUT2D eigenvalue weighted by Gasteiger charge is 2.27. The Balaban J connectivity index is 1.47. The van der Waals surface area contributed by atoms with Gasteiger partial charge in [0.15, 0.2) is 5.13 Å². The average Bonchev–Trinajstić information content (AvgIpc) is 3.06. The first-order chi connectivity index (χ1) is 12.2. The molecule has 6 heteroatoms. The molecule has 0 aliphatic carbocycles. The number of hydrogen-bond acceptors (Lipinski definition) is 4. The molecule has 3 aromatic rings. The summed E-state index contributed by atoms with van der Waals surface area (Å²) in [5.41, 5.74) is 1.86. The molecule has 2 aromatic carbocycles. The highest BCUT2D eigenvalue weighted by atomic mass is 79.9. The number of nitrogens with one attached hydrogen (secondary N) is 1. The number of piperidine rings is 1. The number of carbonyl (C=O) groups excluding carboxylic acids is 1. The minimum Gasteiger partial charge on any atom is -0.347 e. The number of benzene rings is 2. The number of hydrogen-bond donors (Lipinski definition) is 1. The second kappa shape index (κ2) is 7.14. The summed E-state index contributed by atoms with van der Waals surface area (Å²) in [5.74, 6) is 0.0728. The molecule has 0 bridgehead atoms. The first kappa shape index (κ1) is 16.5. The molecule has 1 aliphatic rings. The van der Waals surface area contributed by atoms with Crippen LogP contribution in [0.4, 0.5) is 10.8 Å². The third kappa shape index (κ3) is 3.70. The van der Waals surface area contributed by atoms with Crippen molar-refractivity contribution in [1.82, 2.24) is 4.98 Å². The van der Waals surface area contributed by atoms with Crippen molar-refractivity contribution in [2.75, 3.05) is 23.3 Å². The first-order valence-electron chi connectivity index (χ1n) is 8.36. The highest BCUT2D eigenvalue weighted by Crippen LogP contribution is 2.31. The van der Waals surface area contributed by atoms with Crippen molar-refractivity contribution in [3.63, 3.8) is 0 Å². The molecule has 1 N–H and O–H groups in total. The fourth-order valence-corrected chi connectivity index (χ4v) is 4.57. The van der Waals surface area contributed by atoms with Gasteiger partial charge in [-0.25, -0.2) is 4.98 Å². The van der Waals surface area contributed by atoms with Crippen LogP contribution in [0.2, 0.25) is 0 Å². The van der Waals surface area contributed by atoms with Crippen LogP contribution in [-0.4, -0.2) is 24.0 Å². The summed E-state index contributed by atoms with van der Waals surface area (Å²) < 4.78 is 2.16. The van der Waals surface area contributed by atoms with Gasteiger partial charge >= 0.3 is 0 Å². The number of halogens is 1. The fraction of sp³-hybridized carbons (Fsp3) is 0.263. The Morgan fingerprint density at radius 2 is 2.12 bits per heavy atom. The molecule has 2 heterocycles. The van der Waals surface area contributed by atoms with E-state index in [9.17, 15) is 4.79 Å². The minimum absolute atomic E-state index is 0.0141. The lowest BCUT2D eigenvalue weighted by molar-refractivity contribution is -0.120. The zero-order valence-electron chi connectivity index (χ0n) is 13.6. The predicted molar refractivity (Wildman–Crippen MR) is 107 cm³/mol. The molecular formula is C19H18BrN3OS. The molecule has 25 heavy (non-hydrogen) atoms. The Morgan fingerprint density at radius 1 is 1.24 bits per heavy atom. The Labute approximate surface area is 159 Å². The number of fused-ring (bicyclic) bond motifs is 1. The number of nitrogens with zero attached hydrogens (tertiary/aromatic N) is 2. The molecule has 1 aliphatic heterocycles. The van der Waals surface area contributed by atoms with Crippen LogP contribution in [0.5, 0.6) is 0 Å². The maximum atomic E-state index is 12.7. The number of aromatic nitrogens is 1. The van der Waals surface area contributed by atoms with Gasteiger partial charge in [-0.05, 0) is 43.2 Å². The molecule has 1 fully saturated rings. The summed E-state index contributed by atoms with van der Waals surface area (Å²) in [7, 11) is 0. The van der Waals surface area contributed by atoms with Crippen LogP contribution < -0.4 is 10.2 Å². The van der Waals surface area contributed by atoms with Gasteiger partial charge in [0.05, 0.1) is 16.1 Å². The van der Waals surface area contributed by atoms with Crippen molar-refractivity contribution in [3.8, 4) is 0 Å². The van der Waals surface area contributed by atoms with E-state index in [-0.39, 0.29) is 11.8 Å². The molecule has 4 nitrogen and oxygen atoms in total. The lowest BCUT2D eigenvalue weighted by Gasteiger charge is -2.31. The first-order valence-corrected chi connectivity index (χ1v) is 9.97. The van der Waals surface area contributed by atoms with Gasteiger partial charge in [0.2, 0.25) is 5.91 Å². The molecule has 1 aromatic heterocycles. The molecular weight excluding hydrogens is 398 g/mol. The van der Waals surface area contributed by atoms with Gasteiger partial charge in [0.1, 0.15) is 0 Å². The van der Waals surface area contributed by atoms with Crippen LogP contribution in [0.1, 0.15) is 12.8 Å². The summed E-state index contributed by atoms with van der Waals surface area (Å²) in [4.78, 5) is 19.6. The highest BCUT2D eigenvalue weighted by molar-refractivity contribution is 9.10. The molecule has 1 saturated heterocycles. The number of rotatable bonds is 3. The molecule has 1 amide bonds. The number of thiazole rings is 1. The van der Waals surface area contributed by atoms with Crippen LogP contribution in [0, 0.1) is 5.92 Å². The van der Waals surface area contributed by atoms with E-state index in [0.717, 1.165) is 46.7 Å². The third-order valence-electron chi connectivity index (χ3n) is 4.44. The zero-order chi connectivity index (χ0) is 17.2. The van der Waals surface area contributed by atoms with Gasteiger partial charge in [-0.2, -0.15) is 0 Å². The van der Waals surface area contributed by atoms with E-state index in [1.54, 1.807) is 11.3 Å². The zero-order valence-corrected chi connectivity index (χ0v) is 16.0. The molecule has 4 rings (SSSR count).